The number of aromatic hydroxyl groups is 1. The van der Waals surface area contributed by atoms with E-state index in [9.17, 15) is 14.7 Å². The molecule has 0 saturated carbocycles. The van der Waals surface area contributed by atoms with E-state index in [1.807, 2.05) is 14.1 Å². The summed E-state index contributed by atoms with van der Waals surface area (Å²) in [6, 6.07) is 7.62. The van der Waals surface area contributed by atoms with Gasteiger partial charge >= 0.3 is 5.97 Å². The summed E-state index contributed by atoms with van der Waals surface area (Å²) in [5.41, 5.74) is 6.24. The van der Waals surface area contributed by atoms with Crippen molar-refractivity contribution in [1.82, 2.24) is 4.90 Å². The van der Waals surface area contributed by atoms with E-state index in [0.717, 1.165) is 6.42 Å². The van der Waals surface area contributed by atoms with Crippen molar-refractivity contribution in [2.75, 3.05) is 26.0 Å². The Morgan fingerprint density at radius 2 is 1.93 bits per heavy atom. The minimum Gasteiger partial charge on any atom is -0.507 e. The summed E-state index contributed by atoms with van der Waals surface area (Å²) in [6.07, 6.45) is 1.77. The molecule has 0 saturated heterocycles. The standard InChI is InChI=1S/C19H24N4O4/c1-23(2)19(20)21-8-4-3-5-17(25)22-14-7-6-12-9-13(18(26)27)10-16(24)15(12)11-14/h6-7,9-11,24H,3-5,8H2,1-2H3,(H2,20,21)(H,22,25)(H,26,27). The lowest BCUT2D eigenvalue weighted by atomic mass is 10.0. The van der Waals surface area contributed by atoms with Crippen LogP contribution >= 0.6 is 0 Å². The van der Waals surface area contributed by atoms with E-state index < -0.39 is 5.97 Å². The van der Waals surface area contributed by atoms with Crippen LogP contribution in [0.2, 0.25) is 0 Å². The highest BCUT2D eigenvalue weighted by molar-refractivity contribution is 6.00. The molecule has 2 aromatic rings. The second kappa shape index (κ2) is 8.88. The molecule has 1 amide bonds. The molecule has 0 fully saturated rings. The van der Waals surface area contributed by atoms with E-state index >= 15 is 0 Å². The fraction of sp³-hybridized carbons (Fsp3) is 0.316. The molecular formula is C19H24N4O4. The Labute approximate surface area is 157 Å². The monoisotopic (exact) mass is 372 g/mol. The minimum atomic E-state index is -1.11. The van der Waals surface area contributed by atoms with E-state index in [2.05, 4.69) is 10.3 Å². The number of nitrogens with zero attached hydrogens (tertiary/aromatic N) is 2. The van der Waals surface area contributed by atoms with Gasteiger partial charge in [-0.3, -0.25) is 9.79 Å². The van der Waals surface area contributed by atoms with Crippen LogP contribution in [0, 0.1) is 0 Å². The van der Waals surface area contributed by atoms with Crippen LogP contribution < -0.4 is 11.1 Å². The van der Waals surface area contributed by atoms with Crippen LogP contribution in [0.3, 0.4) is 0 Å². The fourth-order valence-electron chi connectivity index (χ4n) is 2.50. The van der Waals surface area contributed by atoms with Crippen molar-refractivity contribution in [3.63, 3.8) is 0 Å². The van der Waals surface area contributed by atoms with E-state index in [4.69, 9.17) is 10.8 Å². The molecule has 2 aromatic carbocycles. The fourth-order valence-corrected chi connectivity index (χ4v) is 2.50. The molecule has 5 N–H and O–H groups in total. The summed E-state index contributed by atoms with van der Waals surface area (Å²) in [4.78, 5) is 29.0. The number of hydrogen-bond acceptors (Lipinski definition) is 4. The Morgan fingerprint density at radius 3 is 2.59 bits per heavy atom. The maximum absolute atomic E-state index is 12.1. The highest BCUT2D eigenvalue weighted by Crippen LogP contribution is 2.29. The molecule has 8 heteroatoms. The van der Waals surface area contributed by atoms with Gasteiger partial charge in [0.15, 0.2) is 5.96 Å². The summed E-state index contributed by atoms with van der Waals surface area (Å²) in [5.74, 6) is -0.930. The second-order valence-corrected chi connectivity index (χ2v) is 6.38. The van der Waals surface area contributed by atoms with Gasteiger partial charge in [0.05, 0.1) is 5.56 Å². The van der Waals surface area contributed by atoms with Crippen molar-refractivity contribution in [2.45, 2.75) is 19.3 Å². The number of nitrogens with two attached hydrogens (primary N) is 1. The van der Waals surface area contributed by atoms with Gasteiger partial charge in [0.2, 0.25) is 5.91 Å². The number of nitrogens with one attached hydrogen (secondary N) is 1. The maximum Gasteiger partial charge on any atom is 0.335 e. The summed E-state index contributed by atoms with van der Waals surface area (Å²) < 4.78 is 0. The topological polar surface area (TPSA) is 128 Å². The number of benzene rings is 2. The van der Waals surface area contributed by atoms with Gasteiger partial charge in [-0.2, -0.15) is 0 Å². The molecular weight excluding hydrogens is 348 g/mol. The van der Waals surface area contributed by atoms with Gasteiger partial charge in [-0.1, -0.05) is 6.07 Å². The molecule has 0 bridgehead atoms. The zero-order valence-electron chi connectivity index (χ0n) is 15.4. The third-order valence-corrected chi connectivity index (χ3v) is 4.01. The number of rotatable bonds is 7. The first kappa shape index (κ1) is 20.0. The Morgan fingerprint density at radius 1 is 1.19 bits per heavy atom. The lowest BCUT2D eigenvalue weighted by molar-refractivity contribution is -0.116. The zero-order valence-corrected chi connectivity index (χ0v) is 15.4. The van der Waals surface area contributed by atoms with Crippen molar-refractivity contribution in [2.24, 2.45) is 10.7 Å². The van der Waals surface area contributed by atoms with E-state index in [1.165, 1.54) is 12.1 Å². The minimum absolute atomic E-state index is 0.00866. The molecule has 0 atom stereocenters. The number of phenolic OH excluding ortho intramolecular Hbond substituents is 1. The van der Waals surface area contributed by atoms with Gasteiger partial charge in [-0.25, -0.2) is 4.79 Å². The third kappa shape index (κ3) is 5.60. The lowest BCUT2D eigenvalue weighted by Gasteiger charge is -2.10. The molecule has 0 aliphatic rings. The first-order valence-electron chi connectivity index (χ1n) is 8.55. The predicted octanol–water partition coefficient (Wildman–Crippen LogP) is 2.23. The number of carboxylic acid groups (broad SMARTS) is 1. The van der Waals surface area contributed by atoms with Gasteiger partial charge in [0, 0.05) is 38.1 Å². The molecule has 0 unspecified atom stereocenters. The molecule has 2 rings (SSSR count). The molecule has 8 nitrogen and oxygen atoms in total. The highest BCUT2D eigenvalue weighted by atomic mass is 16.4. The predicted molar refractivity (Wildman–Crippen MR) is 105 cm³/mol. The van der Waals surface area contributed by atoms with Crippen molar-refractivity contribution < 1.29 is 19.8 Å². The first-order chi connectivity index (χ1) is 12.8. The van der Waals surface area contributed by atoms with Crippen LogP contribution in [-0.2, 0) is 4.79 Å². The molecule has 27 heavy (non-hydrogen) atoms. The smallest absolute Gasteiger partial charge is 0.335 e. The molecule has 0 spiro atoms. The van der Waals surface area contributed by atoms with E-state index in [-0.39, 0.29) is 17.2 Å². The van der Waals surface area contributed by atoms with Crippen molar-refractivity contribution >= 4 is 34.3 Å². The number of carboxylic acids is 1. The molecule has 0 aliphatic heterocycles. The normalized spacial score (nSPS) is 11.4. The highest BCUT2D eigenvalue weighted by Gasteiger charge is 2.10. The number of aliphatic imine (C=N–C) groups is 1. The number of guanidine groups is 1. The van der Waals surface area contributed by atoms with Gasteiger partial charge < -0.3 is 26.2 Å². The Balaban J connectivity index is 1.93. The first-order valence-corrected chi connectivity index (χ1v) is 8.55. The number of phenols is 1. The summed E-state index contributed by atoms with van der Waals surface area (Å²) in [5, 5.41) is 22.9. The third-order valence-electron chi connectivity index (χ3n) is 4.01. The number of carbonyl (C=O) groups excluding carboxylic acids is 1. The van der Waals surface area contributed by atoms with Gasteiger partial charge in [0.25, 0.3) is 0 Å². The van der Waals surface area contributed by atoms with Crippen LogP contribution in [0.15, 0.2) is 35.3 Å². The number of fused-ring (bicyclic) bond motifs is 1. The maximum atomic E-state index is 12.1. The summed E-state index contributed by atoms with van der Waals surface area (Å²) >= 11 is 0. The van der Waals surface area contributed by atoms with Crippen molar-refractivity contribution in [3.8, 4) is 5.75 Å². The SMILES string of the molecule is CN(C)C(N)=NCCCCC(=O)Nc1ccc2cc(C(=O)O)cc(O)c2c1. The number of unbranched alkanes of at least 4 members (excludes halogenated alkanes) is 1. The average molecular weight is 372 g/mol. The summed E-state index contributed by atoms with van der Waals surface area (Å²) in [7, 11) is 3.63. The Kier molecular flexibility index (Phi) is 6.59. The molecule has 0 aromatic heterocycles. The van der Waals surface area contributed by atoms with Crippen molar-refractivity contribution in [1.29, 1.82) is 0 Å². The van der Waals surface area contributed by atoms with Crippen molar-refractivity contribution in [3.05, 3.63) is 35.9 Å². The number of amides is 1. The number of carbonyl (C=O) groups is 2. The molecule has 144 valence electrons. The van der Waals surface area contributed by atoms with Gasteiger partial charge in [-0.15, -0.1) is 0 Å². The zero-order chi connectivity index (χ0) is 20.0. The van der Waals surface area contributed by atoms with Gasteiger partial charge in [-0.05, 0) is 42.5 Å². The van der Waals surface area contributed by atoms with Crippen LogP contribution in [0.25, 0.3) is 10.8 Å². The molecule has 0 radical (unpaired) electrons. The van der Waals surface area contributed by atoms with E-state index in [1.54, 1.807) is 23.1 Å². The lowest BCUT2D eigenvalue weighted by Crippen LogP contribution is -2.30. The van der Waals surface area contributed by atoms with Gasteiger partial charge in [0.1, 0.15) is 5.75 Å². The largest absolute Gasteiger partial charge is 0.507 e. The average Bonchev–Trinajstić information content (AvgIpc) is 2.61. The second-order valence-electron chi connectivity index (χ2n) is 6.38. The van der Waals surface area contributed by atoms with Crippen LogP contribution in [0.1, 0.15) is 29.6 Å². The van der Waals surface area contributed by atoms with E-state index in [0.29, 0.717) is 41.8 Å². The molecule has 0 aliphatic carbocycles. The Bertz CT molecular complexity index is 877. The van der Waals surface area contributed by atoms with Crippen LogP contribution in [0.5, 0.6) is 5.75 Å². The number of aromatic carboxylic acids is 1. The quantitative estimate of drug-likeness (QED) is 0.335. The number of anilines is 1. The van der Waals surface area contributed by atoms with Crippen LogP contribution in [-0.4, -0.2) is 53.6 Å². The Hall–Kier alpha value is -3.29. The summed E-state index contributed by atoms with van der Waals surface area (Å²) in [6.45, 7) is 0.563. The number of hydrogen-bond donors (Lipinski definition) is 4. The molecule has 0 heterocycles. The van der Waals surface area contributed by atoms with Crippen LogP contribution in [0.4, 0.5) is 5.69 Å².